The van der Waals surface area contributed by atoms with E-state index in [1.165, 1.54) is 25.3 Å². The number of hydrogen-bond acceptors (Lipinski definition) is 6. The zero-order chi connectivity index (χ0) is 23.3. The van der Waals surface area contributed by atoms with E-state index in [2.05, 4.69) is 4.72 Å². The van der Waals surface area contributed by atoms with E-state index in [4.69, 9.17) is 9.15 Å². The van der Waals surface area contributed by atoms with Gasteiger partial charge in [-0.15, -0.1) is 0 Å². The van der Waals surface area contributed by atoms with E-state index in [1.807, 2.05) is 25.7 Å². The predicted molar refractivity (Wildman–Crippen MR) is 120 cm³/mol. The summed E-state index contributed by atoms with van der Waals surface area (Å²) in [5.41, 5.74) is 1.44. The third-order valence-corrected chi connectivity index (χ3v) is 7.10. The molecule has 7 nitrogen and oxygen atoms in total. The van der Waals surface area contributed by atoms with Gasteiger partial charge in [0.2, 0.25) is 10.0 Å². The van der Waals surface area contributed by atoms with Crippen LogP contribution in [0.2, 0.25) is 0 Å². The van der Waals surface area contributed by atoms with Gasteiger partial charge in [-0.25, -0.2) is 12.8 Å². The Morgan fingerprint density at radius 1 is 1.19 bits per heavy atom. The lowest BCUT2D eigenvalue weighted by atomic mass is 9.87. The van der Waals surface area contributed by atoms with Crippen LogP contribution in [0.25, 0.3) is 11.0 Å². The van der Waals surface area contributed by atoms with Crippen molar-refractivity contribution < 1.29 is 27.1 Å². The summed E-state index contributed by atoms with van der Waals surface area (Å²) in [5.74, 6) is -0.448. The maximum atomic E-state index is 14.6. The van der Waals surface area contributed by atoms with E-state index >= 15 is 0 Å². The van der Waals surface area contributed by atoms with Crippen LogP contribution in [0.3, 0.4) is 0 Å². The highest BCUT2D eigenvalue weighted by atomic mass is 32.2. The molecule has 0 radical (unpaired) electrons. The molecule has 3 aromatic rings. The number of halogens is 1. The van der Waals surface area contributed by atoms with Crippen LogP contribution in [0.15, 0.2) is 45.7 Å². The molecule has 2 heterocycles. The molecule has 2 aromatic carbocycles. The summed E-state index contributed by atoms with van der Waals surface area (Å²) in [6, 6.07) is 9.31. The van der Waals surface area contributed by atoms with Gasteiger partial charge in [-0.3, -0.25) is 0 Å². The smallest absolute Gasteiger partial charge is 0.246 e. The fraction of sp³-hybridized carbons (Fsp3) is 0.391. The van der Waals surface area contributed by atoms with Crippen LogP contribution in [0.5, 0.6) is 5.75 Å². The SMILES string of the molecule is COc1ccc(C(C)(C)C)cc1S(=O)(=O)NC(O)c1cc2c(F)cc(N3CCC3)cc2o1. The van der Waals surface area contributed by atoms with Crippen LogP contribution >= 0.6 is 0 Å². The van der Waals surface area contributed by atoms with E-state index in [1.54, 1.807) is 18.2 Å². The lowest BCUT2D eigenvalue weighted by molar-refractivity contribution is 0.141. The van der Waals surface area contributed by atoms with Crippen molar-refractivity contribution in [3.05, 3.63) is 53.5 Å². The monoisotopic (exact) mass is 462 g/mol. The lowest BCUT2D eigenvalue weighted by Gasteiger charge is -2.33. The lowest BCUT2D eigenvalue weighted by Crippen LogP contribution is -2.36. The number of aliphatic hydroxyl groups excluding tert-OH is 1. The van der Waals surface area contributed by atoms with Crippen molar-refractivity contribution in [2.75, 3.05) is 25.1 Å². The fourth-order valence-electron chi connectivity index (χ4n) is 3.62. The average Bonchev–Trinajstić information content (AvgIpc) is 3.10. The maximum absolute atomic E-state index is 14.6. The molecule has 1 unspecified atom stereocenters. The minimum Gasteiger partial charge on any atom is -0.495 e. The molecule has 1 atom stereocenters. The van der Waals surface area contributed by atoms with Gasteiger partial charge in [0.25, 0.3) is 0 Å². The van der Waals surface area contributed by atoms with Crippen molar-refractivity contribution in [2.24, 2.45) is 0 Å². The van der Waals surface area contributed by atoms with Crippen LogP contribution in [0, 0.1) is 5.82 Å². The molecule has 4 rings (SSSR count). The van der Waals surface area contributed by atoms with E-state index in [0.29, 0.717) is 5.69 Å². The highest BCUT2D eigenvalue weighted by Crippen LogP contribution is 2.34. The highest BCUT2D eigenvalue weighted by molar-refractivity contribution is 7.89. The maximum Gasteiger partial charge on any atom is 0.246 e. The van der Waals surface area contributed by atoms with E-state index < -0.39 is 22.1 Å². The number of methoxy groups -OCH3 is 1. The Morgan fingerprint density at radius 3 is 2.50 bits per heavy atom. The molecule has 0 spiro atoms. The number of fused-ring (bicyclic) bond motifs is 1. The molecule has 0 bridgehead atoms. The second-order valence-corrected chi connectivity index (χ2v) is 10.7. The van der Waals surface area contributed by atoms with Gasteiger partial charge < -0.3 is 19.2 Å². The Bertz CT molecular complexity index is 1260. The topological polar surface area (TPSA) is 92.0 Å². The largest absolute Gasteiger partial charge is 0.495 e. The molecule has 1 aliphatic rings. The average molecular weight is 463 g/mol. The van der Waals surface area contributed by atoms with Gasteiger partial charge in [0.1, 0.15) is 27.8 Å². The predicted octanol–water partition coefficient (Wildman–Crippen LogP) is 4.06. The molecule has 1 saturated heterocycles. The molecule has 0 saturated carbocycles. The van der Waals surface area contributed by atoms with Crippen molar-refractivity contribution in [3.8, 4) is 5.75 Å². The third-order valence-electron chi connectivity index (χ3n) is 5.67. The molecule has 172 valence electrons. The molecule has 9 heteroatoms. The normalized spacial score (nSPS) is 15.6. The first-order valence-electron chi connectivity index (χ1n) is 10.4. The molecule has 1 aliphatic heterocycles. The number of hydrogen-bond donors (Lipinski definition) is 2. The summed E-state index contributed by atoms with van der Waals surface area (Å²) >= 11 is 0. The van der Waals surface area contributed by atoms with Crippen molar-refractivity contribution >= 4 is 26.7 Å². The minimum atomic E-state index is -4.18. The molecule has 32 heavy (non-hydrogen) atoms. The quantitative estimate of drug-likeness (QED) is 0.537. The number of nitrogens with zero attached hydrogens (tertiary/aromatic N) is 1. The number of nitrogens with one attached hydrogen (secondary N) is 1. The number of ether oxygens (including phenoxy) is 1. The van der Waals surface area contributed by atoms with Gasteiger partial charge in [0.05, 0.1) is 12.5 Å². The molecular weight excluding hydrogens is 435 g/mol. The summed E-state index contributed by atoms with van der Waals surface area (Å²) in [5, 5.41) is 10.8. The number of rotatable bonds is 6. The second-order valence-electron chi connectivity index (χ2n) is 8.97. The van der Waals surface area contributed by atoms with Crippen LogP contribution < -0.4 is 14.4 Å². The van der Waals surface area contributed by atoms with E-state index in [0.717, 1.165) is 25.1 Å². The van der Waals surface area contributed by atoms with Crippen LogP contribution in [-0.2, 0) is 15.4 Å². The number of aliphatic hydroxyl groups is 1. The zero-order valence-corrected chi connectivity index (χ0v) is 19.3. The number of benzene rings is 2. The van der Waals surface area contributed by atoms with Gasteiger partial charge in [-0.1, -0.05) is 26.8 Å². The molecule has 1 fully saturated rings. The minimum absolute atomic E-state index is 0.103. The Kier molecular flexibility index (Phi) is 5.68. The summed E-state index contributed by atoms with van der Waals surface area (Å²) in [7, 11) is -2.81. The van der Waals surface area contributed by atoms with Crippen molar-refractivity contribution in [1.29, 1.82) is 0 Å². The first-order chi connectivity index (χ1) is 15.0. The van der Waals surface area contributed by atoms with Gasteiger partial charge in [-0.05, 0) is 41.7 Å². The summed E-state index contributed by atoms with van der Waals surface area (Å²) in [4.78, 5) is 1.91. The summed E-state index contributed by atoms with van der Waals surface area (Å²) < 4.78 is 53.8. The van der Waals surface area contributed by atoms with Gasteiger partial charge in [0.15, 0.2) is 6.23 Å². The van der Waals surface area contributed by atoms with Crippen molar-refractivity contribution in [1.82, 2.24) is 4.72 Å². The van der Waals surface area contributed by atoms with Gasteiger partial charge >= 0.3 is 0 Å². The zero-order valence-electron chi connectivity index (χ0n) is 18.5. The first kappa shape index (κ1) is 22.6. The van der Waals surface area contributed by atoms with Gasteiger partial charge in [0, 0.05) is 24.8 Å². The Balaban J connectivity index is 1.65. The van der Waals surface area contributed by atoms with E-state index in [-0.39, 0.29) is 32.8 Å². The summed E-state index contributed by atoms with van der Waals surface area (Å²) in [6.45, 7) is 7.58. The second kappa shape index (κ2) is 8.06. The Hall–Kier alpha value is -2.62. The van der Waals surface area contributed by atoms with Gasteiger partial charge in [-0.2, -0.15) is 4.72 Å². The number of furan rings is 1. The third kappa shape index (κ3) is 4.20. The number of sulfonamides is 1. The first-order valence-corrected chi connectivity index (χ1v) is 11.8. The number of anilines is 1. The van der Waals surface area contributed by atoms with Crippen molar-refractivity contribution in [2.45, 2.75) is 43.7 Å². The van der Waals surface area contributed by atoms with E-state index in [9.17, 15) is 17.9 Å². The molecule has 1 aromatic heterocycles. The standard InChI is InChI=1S/C23H27FN2O5S/c1-23(2,3)14-6-7-18(30-4)21(10-14)32(28,29)25-22(27)20-13-16-17(24)11-15(12-19(16)31-20)26-8-5-9-26/h6-7,10-13,22,25,27H,5,8-9H2,1-4H3. The summed E-state index contributed by atoms with van der Waals surface area (Å²) in [6.07, 6.45) is -0.661. The fourth-order valence-corrected chi connectivity index (χ4v) is 4.85. The van der Waals surface area contributed by atoms with Crippen LogP contribution in [0.1, 0.15) is 44.7 Å². The Labute approximate surface area is 186 Å². The molecule has 2 N–H and O–H groups in total. The van der Waals surface area contributed by atoms with Crippen LogP contribution in [-0.4, -0.2) is 33.7 Å². The highest BCUT2D eigenvalue weighted by Gasteiger charge is 2.28. The molecule has 0 amide bonds. The Morgan fingerprint density at radius 2 is 1.91 bits per heavy atom. The van der Waals surface area contributed by atoms with Crippen LogP contribution in [0.4, 0.5) is 10.1 Å². The molecular formula is C23H27FN2O5S. The van der Waals surface area contributed by atoms with Crippen molar-refractivity contribution in [3.63, 3.8) is 0 Å². The molecule has 0 aliphatic carbocycles.